The number of allylic oxidation sites excluding steroid dienone is 2. The van der Waals surface area contributed by atoms with E-state index >= 15 is 0 Å². The van der Waals surface area contributed by atoms with Crippen LogP contribution < -0.4 is 15.2 Å². The fourth-order valence-corrected chi connectivity index (χ4v) is 7.49. The lowest BCUT2D eigenvalue weighted by atomic mass is 9.78. The van der Waals surface area contributed by atoms with E-state index in [9.17, 15) is 26.4 Å². The highest BCUT2D eigenvalue weighted by atomic mass is 32.2. The van der Waals surface area contributed by atoms with Crippen LogP contribution in [0.15, 0.2) is 47.3 Å². The van der Waals surface area contributed by atoms with Crippen LogP contribution in [0.4, 0.5) is 13.2 Å². The second-order valence-electron chi connectivity index (χ2n) is 13.2. The molecule has 0 spiro atoms. The Kier molecular flexibility index (Phi) is 8.94. The molecule has 2 fully saturated rings. The average molecular weight is 639 g/mol. The molecule has 2 aromatic heterocycles. The second kappa shape index (κ2) is 12.2. The summed E-state index contributed by atoms with van der Waals surface area (Å²) in [5, 5.41) is 8.18. The van der Waals surface area contributed by atoms with E-state index in [2.05, 4.69) is 28.8 Å². The zero-order valence-corrected chi connectivity index (χ0v) is 26.0. The maximum absolute atomic E-state index is 13.4. The van der Waals surface area contributed by atoms with Crippen molar-refractivity contribution in [2.24, 2.45) is 28.4 Å². The number of hydrogen-bond acceptors (Lipinski definition) is 7. The highest BCUT2D eigenvalue weighted by Crippen LogP contribution is 2.60. The summed E-state index contributed by atoms with van der Waals surface area (Å²) in [6, 6.07) is 2.93. The number of aryl methyl sites for hydroxylation is 1. The maximum Gasteiger partial charge on any atom is 0.394 e. The van der Waals surface area contributed by atoms with Gasteiger partial charge in [0.1, 0.15) is 5.82 Å². The van der Waals surface area contributed by atoms with Gasteiger partial charge in [-0.2, -0.15) is 26.7 Å². The maximum atomic E-state index is 13.4. The Morgan fingerprint density at radius 2 is 1.98 bits per heavy atom. The highest BCUT2D eigenvalue weighted by Gasteiger charge is 2.62. The van der Waals surface area contributed by atoms with Crippen molar-refractivity contribution in [2.45, 2.75) is 95.8 Å². The standard InChI is InChI=1S/C30H41F3N6O4S/c1-28(2)20-21-6-3-4-14-38-15-10-26(36-38)44(41,42)37-27(40)22(19-23(28)18-21)7-8-24(34)39-16-9-25(35-39)43-17-5-11-29(12-13-29)30(31,32)33/h7-10,15-16,21,23H,3-6,11-14,17-20,34H2,1-2H3,(H,37,40)/b22-7+,24-8+/t21-,23?/m0/s1. The minimum absolute atomic E-state index is 0.0189. The fraction of sp³-hybridized carbons (Fsp3) is 0.633. The molecule has 3 heterocycles. The van der Waals surface area contributed by atoms with Crippen molar-refractivity contribution in [3.05, 3.63) is 42.3 Å². The van der Waals surface area contributed by atoms with Crippen molar-refractivity contribution in [1.82, 2.24) is 24.3 Å². The van der Waals surface area contributed by atoms with E-state index in [4.69, 9.17) is 10.5 Å². The van der Waals surface area contributed by atoms with Crippen LogP contribution in [-0.4, -0.2) is 46.7 Å². The molecule has 242 valence electrons. The van der Waals surface area contributed by atoms with E-state index < -0.39 is 27.5 Å². The van der Waals surface area contributed by atoms with Crippen molar-refractivity contribution < 1.29 is 31.1 Å². The number of carbonyl (C=O) groups is 1. The van der Waals surface area contributed by atoms with Crippen molar-refractivity contribution in [2.75, 3.05) is 6.61 Å². The van der Waals surface area contributed by atoms with Crippen LogP contribution >= 0.6 is 0 Å². The number of aromatic nitrogens is 4. The Labute approximate surface area is 255 Å². The summed E-state index contributed by atoms with van der Waals surface area (Å²) < 4.78 is 76.1. The zero-order valence-electron chi connectivity index (χ0n) is 25.1. The van der Waals surface area contributed by atoms with Gasteiger partial charge >= 0.3 is 6.18 Å². The normalized spacial score (nSPS) is 26.1. The number of carbonyl (C=O) groups excluding carboxylic acids is 1. The number of rotatable bonds is 7. The smallest absolute Gasteiger partial charge is 0.394 e. The first-order valence-corrected chi connectivity index (χ1v) is 16.7. The summed E-state index contributed by atoms with van der Waals surface area (Å²) in [4.78, 5) is 13.4. The van der Waals surface area contributed by atoms with Gasteiger partial charge in [0.2, 0.25) is 5.88 Å². The van der Waals surface area contributed by atoms with Crippen LogP contribution in [0.5, 0.6) is 5.88 Å². The molecule has 2 atom stereocenters. The van der Waals surface area contributed by atoms with Gasteiger partial charge < -0.3 is 10.5 Å². The Morgan fingerprint density at radius 3 is 2.70 bits per heavy atom. The average Bonchev–Trinajstić information content (AvgIpc) is 3.25. The second-order valence-corrected chi connectivity index (χ2v) is 14.8. The van der Waals surface area contributed by atoms with Crippen LogP contribution in [0.25, 0.3) is 5.82 Å². The molecule has 3 N–H and O–H groups in total. The van der Waals surface area contributed by atoms with Gasteiger partial charge in [-0.3, -0.25) is 9.48 Å². The topological polar surface area (TPSA) is 134 Å². The third-order valence-electron chi connectivity index (χ3n) is 9.45. The molecule has 5 rings (SSSR count). The van der Waals surface area contributed by atoms with Gasteiger partial charge in [-0.15, -0.1) is 5.10 Å². The number of fused-ring (bicyclic) bond motifs is 4. The van der Waals surface area contributed by atoms with Gasteiger partial charge in [-0.05, 0) is 86.8 Å². The number of sulfonamides is 1. The monoisotopic (exact) mass is 638 g/mol. The molecule has 14 heteroatoms. The molecule has 0 aromatic carbocycles. The van der Waals surface area contributed by atoms with Gasteiger partial charge in [0.25, 0.3) is 15.9 Å². The Balaban J connectivity index is 1.30. The lowest BCUT2D eigenvalue weighted by molar-refractivity contribution is -0.189. The molecule has 2 saturated carbocycles. The van der Waals surface area contributed by atoms with Crippen LogP contribution in [0.2, 0.25) is 0 Å². The number of halogens is 3. The summed E-state index contributed by atoms with van der Waals surface area (Å²) in [6.45, 7) is 5.09. The lowest BCUT2D eigenvalue weighted by Gasteiger charge is -2.27. The van der Waals surface area contributed by atoms with Gasteiger partial charge in [-0.1, -0.05) is 26.7 Å². The van der Waals surface area contributed by atoms with Crippen LogP contribution in [0.1, 0.15) is 78.1 Å². The Morgan fingerprint density at radius 1 is 1.20 bits per heavy atom. The molecule has 0 saturated heterocycles. The van der Waals surface area contributed by atoms with E-state index in [1.165, 1.54) is 22.9 Å². The Bertz CT molecular complexity index is 1520. The number of alkyl halides is 3. The van der Waals surface area contributed by atoms with Crippen LogP contribution in [0.3, 0.4) is 0 Å². The van der Waals surface area contributed by atoms with Crippen LogP contribution in [-0.2, 0) is 21.4 Å². The minimum atomic E-state index is -4.19. The van der Waals surface area contributed by atoms with E-state index in [-0.39, 0.29) is 65.9 Å². The minimum Gasteiger partial charge on any atom is -0.477 e. The molecule has 2 aromatic rings. The van der Waals surface area contributed by atoms with Crippen molar-refractivity contribution >= 4 is 21.8 Å². The summed E-state index contributed by atoms with van der Waals surface area (Å²) in [5.41, 5.74) is 4.92. The summed E-state index contributed by atoms with van der Waals surface area (Å²) in [7, 11) is -4.19. The predicted octanol–water partition coefficient (Wildman–Crippen LogP) is 5.40. The number of ether oxygens (including phenoxy) is 1. The highest BCUT2D eigenvalue weighted by molar-refractivity contribution is 7.90. The number of nitrogens with one attached hydrogen (secondary N) is 1. The molecule has 3 aliphatic rings. The molecule has 4 bridgehead atoms. The molecule has 1 amide bonds. The molecular formula is C30H41F3N6O4S. The first-order valence-electron chi connectivity index (χ1n) is 15.2. The van der Waals surface area contributed by atoms with E-state index in [0.29, 0.717) is 18.9 Å². The van der Waals surface area contributed by atoms with Crippen molar-refractivity contribution in [3.8, 4) is 5.88 Å². The first-order chi connectivity index (χ1) is 20.7. The molecule has 1 unspecified atom stereocenters. The number of nitrogens with zero attached hydrogens (tertiary/aromatic N) is 4. The van der Waals surface area contributed by atoms with Gasteiger partial charge in [0.15, 0.2) is 5.03 Å². The SMILES string of the molecule is CC1(C)C[C@H]2CCCCn3ccc(n3)S(=O)(=O)NC(=O)/C(=C/C=C(\N)n3ccc(OCCCC4(C(F)(F)F)CC4)n3)CC1C2. The molecular weight excluding hydrogens is 597 g/mol. The molecule has 1 aliphatic heterocycles. The van der Waals surface area contributed by atoms with Crippen molar-refractivity contribution in [3.63, 3.8) is 0 Å². The van der Waals surface area contributed by atoms with Gasteiger partial charge in [-0.25, -0.2) is 9.40 Å². The summed E-state index contributed by atoms with van der Waals surface area (Å²) >= 11 is 0. The largest absolute Gasteiger partial charge is 0.477 e. The van der Waals surface area contributed by atoms with Gasteiger partial charge in [0, 0.05) is 30.6 Å². The Hall–Kier alpha value is -3.29. The molecule has 10 nitrogen and oxygen atoms in total. The quantitative estimate of drug-likeness (QED) is 0.307. The van der Waals surface area contributed by atoms with E-state index in [0.717, 1.165) is 32.1 Å². The number of hydrogen-bond donors (Lipinski definition) is 2. The molecule has 2 aliphatic carbocycles. The van der Waals surface area contributed by atoms with Gasteiger partial charge in [0.05, 0.1) is 12.0 Å². The third kappa shape index (κ3) is 7.32. The zero-order chi connectivity index (χ0) is 31.8. The number of amides is 1. The molecule has 44 heavy (non-hydrogen) atoms. The predicted molar refractivity (Wildman–Crippen MR) is 157 cm³/mol. The first kappa shape index (κ1) is 32.1. The van der Waals surface area contributed by atoms with E-state index in [1.807, 2.05) is 0 Å². The lowest BCUT2D eigenvalue weighted by Crippen LogP contribution is -2.33. The number of nitrogens with two attached hydrogens (primary N) is 1. The summed E-state index contributed by atoms with van der Waals surface area (Å²) in [5.74, 6) is 0.306. The fourth-order valence-electron chi connectivity index (χ4n) is 6.56. The van der Waals surface area contributed by atoms with Crippen LogP contribution in [0, 0.1) is 22.7 Å². The molecule has 0 radical (unpaired) electrons. The summed E-state index contributed by atoms with van der Waals surface area (Å²) in [6.07, 6.45) is 7.88. The van der Waals surface area contributed by atoms with E-state index in [1.54, 1.807) is 23.1 Å². The third-order valence-corrected chi connectivity index (χ3v) is 10.7. The van der Waals surface area contributed by atoms with Crippen molar-refractivity contribution in [1.29, 1.82) is 0 Å².